The Morgan fingerprint density at radius 1 is 1.21 bits per heavy atom. The highest BCUT2D eigenvalue weighted by Gasteiger charge is 2.00. The minimum atomic E-state index is -0.164. The Kier molecular flexibility index (Phi) is 5.20. The molecule has 1 aromatic heterocycles. The third-order valence-corrected chi connectivity index (χ3v) is 2.35. The number of pyridine rings is 1. The Labute approximate surface area is 85.4 Å². The number of aromatic nitrogens is 1. The molecule has 0 aliphatic heterocycles. The lowest BCUT2D eigenvalue weighted by molar-refractivity contribution is 0.576. The summed E-state index contributed by atoms with van der Waals surface area (Å²) in [5, 5.41) is 0. The molecular formula is C12H18FN. The average Bonchev–Trinajstić information content (AvgIpc) is 2.20. The number of nitrogens with zero attached hydrogens (tertiary/aromatic N) is 1. The van der Waals surface area contributed by atoms with Crippen LogP contribution in [0.3, 0.4) is 0 Å². The monoisotopic (exact) mass is 195 g/mol. The number of hydrogen-bond donors (Lipinski definition) is 0. The maximum absolute atomic E-state index is 13.1. The van der Waals surface area contributed by atoms with Crippen molar-refractivity contribution in [2.75, 3.05) is 0 Å². The zero-order chi connectivity index (χ0) is 10.2. The van der Waals surface area contributed by atoms with Gasteiger partial charge in [0.25, 0.3) is 0 Å². The van der Waals surface area contributed by atoms with Gasteiger partial charge in [0.05, 0.1) is 5.69 Å². The summed E-state index contributed by atoms with van der Waals surface area (Å²) >= 11 is 0. The Bertz CT molecular complexity index is 260. The minimum absolute atomic E-state index is 0.164. The van der Waals surface area contributed by atoms with Crippen LogP contribution in [0, 0.1) is 5.82 Å². The molecule has 0 atom stereocenters. The van der Waals surface area contributed by atoms with E-state index in [9.17, 15) is 4.39 Å². The molecule has 0 N–H and O–H groups in total. The summed E-state index contributed by atoms with van der Waals surface area (Å²) < 4.78 is 13.1. The lowest BCUT2D eigenvalue weighted by Gasteiger charge is -2.01. The van der Waals surface area contributed by atoms with Crippen LogP contribution in [0.5, 0.6) is 0 Å². The molecular weight excluding hydrogens is 177 g/mol. The normalized spacial score (nSPS) is 10.4. The van der Waals surface area contributed by atoms with Gasteiger partial charge in [0.15, 0.2) is 0 Å². The van der Waals surface area contributed by atoms with Crippen molar-refractivity contribution in [3.05, 3.63) is 29.8 Å². The first kappa shape index (κ1) is 11.2. The number of halogens is 1. The molecule has 0 aliphatic carbocycles. The van der Waals surface area contributed by atoms with Gasteiger partial charge >= 0.3 is 0 Å². The van der Waals surface area contributed by atoms with Crippen molar-refractivity contribution in [2.45, 2.75) is 45.4 Å². The van der Waals surface area contributed by atoms with Crippen molar-refractivity contribution in [3.63, 3.8) is 0 Å². The smallest absolute Gasteiger partial charge is 0.144 e. The van der Waals surface area contributed by atoms with E-state index >= 15 is 0 Å². The van der Waals surface area contributed by atoms with Crippen LogP contribution in [0.1, 0.15) is 44.7 Å². The van der Waals surface area contributed by atoms with Crippen LogP contribution in [0.25, 0.3) is 0 Å². The molecule has 2 heteroatoms. The zero-order valence-electron chi connectivity index (χ0n) is 8.80. The van der Waals surface area contributed by atoms with Crippen LogP contribution in [0.2, 0.25) is 0 Å². The second-order valence-electron chi connectivity index (χ2n) is 3.60. The van der Waals surface area contributed by atoms with Gasteiger partial charge in [0.1, 0.15) is 5.82 Å². The first-order valence-electron chi connectivity index (χ1n) is 5.44. The number of unbranched alkanes of at least 4 members (excludes halogenated alkanes) is 4. The first-order valence-corrected chi connectivity index (χ1v) is 5.44. The molecule has 1 aromatic rings. The molecule has 0 fully saturated rings. The predicted molar refractivity (Wildman–Crippen MR) is 56.7 cm³/mol. The van der Waals surface area contributed by atoms with Crippen molar-refractivity contribution < 1.29 is 4.39 Å². The van der Waals surface area contributed by atoms with Crippen LogP contribution in [-0.4, -0.2) is 4.98 Å². The van der Waals surface area contributed by atoms with Gasteiger partial charge in [-0.05, 0) is 25.0 Å². The van der Waals surface area contributed by atoms with E-state index in [1.165, 1.54) is 31.7 Å². The Hall–Kier alpha value is -0.920. The number of hydrogen-bond acceptors (Lipinski definition) is 1. The Balaban J connectivity index is 2.21. The van der Waals surface area contributed by atoms with E-state index in [0.29, 0.717) is 5.69 Å². The van der Waals surface area contributed by atoms with E-state index < -0.39 is 0 Å². The highest BCUT2D eigenvalue weighted by Crippen LogP contribution is 2.09. The molecule has 0 saturated carbocycles. The van der Waals surface area contributed by atoms with Gasteiger partial charge in [-0.25, -0.2) is 4.39 Å². The van der Waals surface area contributed by atoms with Gasteiger partial charge in [-0.3, -0.25) is 4.98 Å². The molecule has 0 bridgehead atoms. The second kappa shape index (κ2) is 6.52. The van der Waals surface area contributed by atoms with Gasteiger partial charge < -0.3 is 0 Å². The van der Waals surface area contributed by atoms with Crippen LogP contribution in [0.15, 0.2) is 18.3 Å². The highest BCUT2D eigenvalue weighted by molar-refractivity contribution is 5.06. The largest absolute Gasteiger partial charge is 0.258 e. The quantitative estimate of drug-likeness (QED) is 0.630. The number of rotatable bonds is 6. The summed E-state index contributed by atoms with van der Waals surface area (Å²) in [5.41, 5.74) is 0.615. The molecule has 0 amide bonds. The second-order valence-corrected chi connectivity index (χ2v) is 3.60. The van der Waals surface area contributed by atoms with Gasteiger partial charge in [-0.15, -0.1) is 0 Å². The maximum Gasteiger partial charge on any atom is 0.144 e. The summed E-state index contributed by atoms with van der Waals surface area (Å²) in [5.74, 6) is -0.164. The van der Waals surface area contributed by atoms with Crippen LogP contribution in [-0.2, 0) is 6.42 Å². The molecule has 1 heterocycles. The van der Waals surface area contributed by atoms with E-state index in [0.717, 1.165) is 12.8 Å². The first-order chi connectivity index (χ1) is 6.84. The molecule has 78 valence electrons. The summed E-state index contributed by atoms with van der Waals surface area (Å²) in [7, 11) is 0. The topological polar surface area (TPSA) is 12.9 Å². The van der Waals surface area contributed by atoms with Gasteiger partial charge in [0, 0.05) is 6.20 Å². The van der Waals surface area contributed by atoms with Crippen molar-refractivity contribution in [3.8, 4) is 0 Å². The van der Waals surface area contributed by atoms with Crippen LogP contribution in [0.4, 0.5) is 4.39 Å². The third-order valence-electron chi connectivity index (χ3n) is 2.35. The fourth-order valence-electron chi connectivity index (χ4n) is 1.50. The summed E-state index contributed by atoms with van der Waals surface area (Å²) in [6.45, 7) is 2.19. The SMILES string of the molecule is CCCCCCCc1ncccc1F. The van der Waals surface area contributed by atoms with Gasteiger partial charge in [-0.1, -0.05) is 32.6 Å². The molecule has 1 nitrogen and oxygen atoms in total. The summed E-state index contributed by atoms with van der Waals surface area (Å²) in [6.07, 6.45) is 8.45. The van der Waals surface area contributed by atoms with Crippen molar-refractivity contribution >= 4 is 0 Å². The highest BCUT2D eigenvalue weighted by atomic mass is 19.1. The third kappa shape index (κ3) is 3.86. The lowest BCUT2D eigenvalue weighted by atomic mass is 10.1. The maximum atomic E-state index is 13.1. The number of aryl methyl sites for hydroxylation is 1. The van der Waals surface area contributed by atoms with E-state index in [2.05, 4.69) is 11.9 Å². The molecule has 0 spiro atoms. The summed E-state index contributed by atoms with van der Waals surface area (Å²) in [6, 6.07) is 3.12. The standard InChI is InChI=1S/C12H18FN/c1-2-3-4-5-6-9-12-11(13)8-7-10-14-12/h7-8,10H,2-6,9H2,1H3. The minimum Gasteiger partial charge on any atom is -0.258 e. The van der Waals surface area contributed by atoms with Crippen LogP contribution >= 0.6 is 0 Å². The van der Waals surface area contributed by atoms with Gasteiger partial charge in [0.2, 0.25) is 0 Å². The van der Waals surface area contributed by atoms with Crippen molar-refractivity contribution in [2.24, 2.45) is 0 Å². The van der Waals surface area contributed by atoms with Crippen LogP contribution < -0.4 is 0 Å². The average molecular weight is 195 g/mol. The summed E-state index contributed by atoms with van der Waals surface area (Å²) in [4.78, 5) is 4.02. The molecule has 0 radical (unpaired) electrons. The Morgan fingerprint density at radius 3 is 2.71 bits per heavy atom. The molecule has 0 saturated heterocycles. The fraction of sp³-hybridized carbons (Fsp3) is 0.583. The molecule has 0 unspecified atom stereocenters. The van der Waals surface area contributed by atoms with Crippen molar-refractivity contribution in [1.29, 1.82) is 0 Å². The van der Waals surface area contributed by atoms with E-state index in [-0.39, 0.29) is 5.82 Å². The van der Waals surface area contributed by atoms with E-state index in [1.54, 1.807) is 12.3 Å². The lowest BCUT2D eigenvalue weighted by Crippen LogP contribution is -1.94. The molecule has 14 heavy (non-hydrogen) atoms. The predicted octanol–water partition coefficient (Wildman–Crippen LogP) is 3.73. The van der Waals surface area contributed by atoms with E-state index in [4.69, 9.17) is 0 Å². The zero-order valence-corrected chi connectivity index (χ0v) is 8.80. The molecule has 0 aliphatic rings. The Morgan fingerprint density at radius 2 is 2.00 bits per heavy atom. The molecule has 0 aromatic carbocycles. The van der Waals surface area contributed by atoms with Gasteiger partial charge in [-0.2, -0.15) is 0 Å². The fourth-order valence-corrected chi connectivity index (χ4v) is 1.50. The molecule has 1 rings (SSSR count). The van der Waals surface area contributed by atoms with Crippen molar-refractivity contribution in [1.82, 2.24) is 4.98 Å². The van der Waals surface area contributed by atoms with E-state index in [1.807, 2.05) is 0 Å².